The number of hydrogen-bond donors (Lipinski definition) is 1. The largest absolute Gasteiger partial charge is 0.472 e. The summed E-state index contributed by atoms with van der Waals surface area (Å²) in [7, 11) is 3.81. The molecule has 0 spiro atoms. The molecule has 0 saturated carbocycles. The Kier molecular flexibility index (Phi) is 4.54. The Morgan fingerprint density at radius 2 is 1.84 bits per heavy atom. The Morgan fingerprint density at radius 1 is 1.06 bits per heavy atom. The third kappa shape index (κ3) is 3.28. The molecule has 3 aliphatic rings. The summed E-state index contributed by atoms with van der Waals surface area (Å²) in [6.45, 7) is 0.464. The first-order valence-electron chi connectivity index (χ1n) is 11.3. The summed E-state index contributed by atoms with van der Waals surface area (Å²) in [5.41, 5.74) is 4.90. The topological polar surface area (TPSA) is 72.3 Å². The molecule has 3 aliphatic heterocycles. The van der Waals surface area contributed by atoms with Gasteiger partial charge in [-0.25, -0.2) is 4.68 Å². The number of benzene rings is 1. The van der Waals surface area contributed by atoms with E-state index < -0.39 is 0 Å². The number of nitrogens with one attached hydrogen (secondary N) is 1. The number of fused-ring (bicyclic) bond motifs is 5. The van der Waals surface area contributed by atoms with Gasteiger partial charge in [-0.3, -0.25) is 4.79 Å². The van der Waals surface area contributed by atoms with E-state index >= 15 is 0 Å². The monoisotopic (exact) mass is 429 g/mol. The Hall–Kier alpha value is -3.19. The van der Waals surface area contributed by atoms with E-state index in [1.54, 1.807) is 19.3 Å². The van der Waals surface area contributed by atoms with Crippen molar-refractivity contribution in [3.8, 4) is 28.1 Å². The van der Waals surface area contributed by atoms with E-state index in [9.17, 15) is 4.79 Å². The summed E-state index contributed by atoms with van der Waals surface area (Å²) >= 11 is 0. The van der Waals surface area contributed by atoms with Crippen LogP contribution >= 0.6 is 0 Å². The number of ether oxygens (including phenoxy) is 1. The van der Waals surface area contributed by atoms with Crippen molar-refractivity contribution in [2.45, 2.75) is 50.4 Å². The van der Waals surface area contributed by atoms with Gasteiger partial charge in [0.2, 0.25) is 5.88 Å². The summed E-state index contributed by atoms with van der Waals surface area (Å²) in [4.78, 5) is 19.2. The fourth-order valence-electron chi connectivity index (χ4n) is 5.40. The van der Waals surface area contributed by atoms with Crippen LogP contribution in [0.25, 0.3) is 22.3 Å². The molecular weight excluding hydrogens is 402 g/mol. The molecule has 7 nitrogen and oxygen atoms in total. The van der Waals surface area contributed by atoms with E-state index in [1.165, 1.54) is 30.4 Å². The number of aryl methyl sites for hydroxylation is 1. The highest BCUT2D eigenvalue weighted by Gasteiger charge is 2.35. The third-order valence-corrected chi connectivity index (χ3v) is 7.26. The van der Waals surface area contributed by atoms with Gasteiger partial charge in [0, 0.05) is 49.4 Å². The molecule has 7 heteroatoms. The predicted molar refractivity (Wildman–Crippen MR) is 124 cm³/mol. The molecule has 164 valence electrons. The predicted octanol–water partition coefficient (Wildman–Crippen LogP) is 3.12. The quantitative estimate of drug-likeness (QED) is 0.690. The van der Waals surface area contributed by atoms with Gasteiger partial charge in [0.05, 0.1) is 6.20 Å². The van der Waals surface area contributed by atoms with Crippen LogP contribution in [-0.4, -0.2) is 39.9 Å². The van der Waals surface area contributed by atoms with Gasteiger partial charge in [-0.2, -0.15) is 10.1 Å². The highest BCUT2D eigenvalue weighted by molar-refractivity contribution is 5.78. The molecule has 2 bridgehead atoms. The lowest BCUT2D eigenvalue weighted by atomic mass is 9.95. The van der Waals surface area contributed by atoms with Crippen LogP contribution in [0.5, 0.6) is 5.88 Å². The zero-order chi connectivity index (χ0) is 21.8. The second kappa shape index (κ2) is 7.45. The van der Waals surface area contributed by atoms with Crippen molar-refractivity contribution in [2.24, 2.45) is 7.05 Å². The molecule has 0 aliphatic carbocycles. The van der Waals surface area contributed by atoms with Crippen LogP contribution in [0, 0.1) is 0 Å². The van der Waals surface area contributed by atoms with Crippen LogP contribution in [0.2, 0.25) is 0 Å². The molecule has 32 heavy (non-hydrogen) atoms. The minimum Gasteiger partial charge on any atom is -0.472 e. The van der Waals surface area contributed by atoms with Crippen molar-refractivity contribution < 1.29 is 4.74 Å². The number of aromatic nitrogens is 3. The number of pyridine rings is 1. The lowest BCUT2D eigenvalue weighted by molar-refractivity contribution is 0.289. The molecule has 5 heterocycles. The molecule has 1 unspecified atom stereocenters. The van der Waals surface area contributed by atoms with E-state index in [0.29, 0.717) is 30.6 Å². The van der Waals surface area contributed by atoms with Gasteiger partial charge in [-0.15, -0.1) is 0 Å². The van der Waals surface area contributed by atoms with E-state index in [0.717, 1.165) is 33.6 Å². The van der Waals surface area contributed by atoms with Crippen LogP contribution in [-0.2, 0) is 13.7 Å². The third-order valence-electron chi connectivity index (χ3n) is 7.26. The molecule has 2 aromatic heterocycles. The summed E-state index contributed by atoms with van der Waals surface area (Å²) in [6.07, 6.45) is 6.66. The molecule has 1 N–H and O–H groups in total. The molecule has 0 radical (unpaired) electrons. The first kappa shape index (κ1) is 19.5. The second-order valence-electron chi connectivity index (χ2n) is 9.26. The van der Waals surface area contributed by atoms with Gasteiger partial charge in [-0.1, -0.05) is 12.1 Å². The normalized spacial score (nSPS) is 23.2. The molecule has 3 aromatic rings. The number of rotatable bonds is 3. The Bertz CT molecular complexity index is 1240. The van der Waals surface area contributed by atoms with Crippen LogP contribution in [0.1, 0.15) is 31.2 Å². The highest BCUT2D eigenvalue weighted by Crippen LogP contribution is 2.40. The zero-order valence-electron chi connectivity index (χ0n) is 18.4. The van der Waals surface area contributed by atoms with Crippen LogP contribution in [0.3, 0.4) is 0 Å². The van der Waals surface area contributed by atoms with E-state index in [-0.39, 0.29) is 5.56 Å². The van der Waals surface area contributed by atoms with E-state index in [4.69, 9.17) is 9.72 Å². The van der Waals surface area contributed by atoms with Gasteiger partial charge >= 0.3 is 0 Å². The molecule has 3 atom stereocenters. The minimum atomic E-state index is -0.121. The smallest absolute Gasteiger partial charge is 0.267 e. The first-order valence-corrected chi connectivity index (χ1v) is 11.3. The summed E-state index contributed by atoms with van der Waals surface area (Å²) in [6, 6.07) is 13.9. The van der Waals surface area contributed by atoms with Gasteiger partial charge in [0.1, 0.15) is 12.4 Å². The molecule has 0 amide bonds. The average molecular weight is 430 g/mol. The first-order chi connectivity index (χ1) is 15.5. The fraction of sp³-hybridized carbons (Fsp3) is 0.400. The Balaban J connectivity index is 1.28. The van der Waals surface area contributed by atoms with Gasteiger partial charge in [-0.05, 0) is 60.6 Å². The van der Waals surface area contributed by atoms with E-state index in [1.807, 2.05) is 6.07 Å². The average Bonchev–Trinajstić information content (AvgIpc) is 3.16. The summed E-state index contributed by atoms with van der Waals surface area (Å²) < 4.78 is 7.41. The number of hydrogen-bond acceptors (Lipinski definition) is 6. The Morgan fingerprint density at radius 3 is 2.62 bits per heavy atom. The molecule has 2 fully saturated rings. The summed E-state index contributed by atoms with van der Waals surface area (Å²) in [5.74, 6) is 1.67. The maximum atomic E-state index is 12.0. The van der Waals surface area contributed by atoms with Gasteiger partial charge in [0.15, 0.2) is 0 Å². The van der Waals surface area contributed by atoms with Crippen molar-refractivity contribution >= 4 is 5.82 Å². The van der Waals surface area contributed by atoms with Gasteiger partial charge in [0.25, 0.3) is 5.56 Å². The van der Waals surface area contributed by atoms with Crippen molar-refractivity contribution in [1.29, 1.82) is 0 Å². The number of nitrogens with zero attached hydrogens (tertiary/aromatic N) is 4. The lowest BCUT2D eigenvalue weighted by Gasteiger charge is -2.36. The molecule has 2 saturated heterocycles. The zero-order valence-corrected chi connectivity index (χ0v) is 18.4. The lowest BCUT2D eigenvalue weighted by Crippen LogP contribution is -2.47. The van der Waals surface area contributed by atoms with E-state index in [2.05, 4.69) is 46.6 Å². The Labute approximate surface area is 187 Å². The van der Waals surface area contributed by atoms with Crippen molar-refractivity contribution in [3.63, 3.8) is 0 Å². The van der Waals surface area contributed by atoms with Crippen LogP contribution < -0.4 is 20.5 Å². The number of piperidine rings is 1. The van der Waals surface area contributed by atoms with Crippen molar-refractivity contribution in [3.05, 3.63) is 58.5 Å². The maximum absolute atomic E-state index is 12.0. The molecule has 6 rings (SSSR count). The molecule has 1 aromatic carbocycles. The SMILES string of the molecule is CN(c1ccc2c(n1)OCc1cc(-c3cnn(C)c(=O)c3)ccc1-2)C1C[C@H]2CC[C@@H](C1)N2. The minimum absolute atomic E-state index is 0.121. The standard InChI is InChI=1S/C25H27N5O2/c1-29(20-11-18-4-5-19(12-20)27-18)23-8-7-22-21-6-3-15(9-17(21)14-32-25(22)28-23)16-10-24(31)30(2)26-13-16/h3,6-10,13,18-20,27H,4-5,11-12,14H2,1-2H3/t18-,19+,20?. The molecular formula is C25H27N5O2. The number of anilines is 1. The van der Waals surface area contributed by atoms with Crippen LogP contribution in [0.4, 0.5) is 5.82 Å². The summed E-state index contributed by atoms with van der Waals surface area (Å²) in [5, 5.41) is 7.85. The highest BCUT2D eigenvalue weighted by atomic mass is 16.5. The second-order valence-corrected chi connectivity index (χ2v) is 9.26. The van der Waals surface area contributed by atoms with Crippen molar-refractivity contribution in [2.75, 3.05) is 11.9 Å². The maximum Gasteiger partial charge on any atom is 0.267 e. The van der Waals surface area contributed by atoms with Gasteiger partial charge < -0.3 is 15.0 Å². The van der Waals surface area contributed by atoms with Crippen molar-refractivity contribution in [1.82, 2.24) is 20.1 Å². The van der Waals surface area contributed by atoms with Crippen LogP contribution in [0.15, 0.2) is 47.4 Å². The fourth-order valence-corrected chi connectivity index (χ4v) is 5.40.